The first-order chi connectivity index (χ1) is 7.43. The van der Waals surface area contributed by atoms with Crippen LogP contribution in [0.5, 0.6) is 0 Å². The molecule has 16 heavy (non-hydrogen) atoms. The molecule has 1 aromatic heterocycles. The lowest BCUT2D eigenvalue weighted by Gasteiger charge is -2.15. The fraction of sp³-hybridized carbons (Fsp3) is 0.636. The second-order valence-electron chi connectivity index (χ2n) is 4.32. The van der Waals surface area contributed by atoms with Crippen molar-refractivity contribution in [3.05, 3.63) is 17.0 Å². The lowest BCUT2D eigenvalue weighted by atomic mass is 10.1. The first-order valence-electron chi connectivity index (χ1n) is 5.40. The molecule has 0 aliphatic rings. The van der Waals surface area contributed by atoms with Crippen molar-refractivity contribution in [1.29, 1.82) is 0 Å². The summed E-state index contributed by atoms with van der Waals surface area (Å²) in [5, 5.41) is 6.52. The van der Waals surface area contributed by atoms with E-state index in [1.54, 1.807) is 13.8 Å². The Kier molecular flexibility index (Phi) is 4.06. The van der Waals surface area contributed by atoms with Crippen LogP contribution in [0.25, 0.3) is 0 Å². The van der Waals surface area contributed by atoms with E-state index in [0.29, 0.717) is 29.5 Å². The van der Waals surface area contributed by atoms with E-state index in [4.69, 9.17) is 10.3 Å². The summed E-state index contributed by atoms with van der Waals surface area (Å²) in [5.74, 6) is 0.699. The van der Waals surface area contributed by atoms with Crippen molar-refractivity contribution in [3.63, 3.8) is 0 Å². The van der Waals surface area contributed by atoms with Gasteiger partial charge in [-0.1, -0.05) is 19.0 Å². The number of nitrogens with zero attached hydrogens (tertiary/aromatic N) is 1. The van der Waals surface area contributed by atoms with E-state index in [0.717, 1.165) is 0 Å². The van der Waals surface area contributed by atoms with E-state index in [9.17, 15) is 4.79 Å². The van der Waals surface area contributed by atoms with Gasteiger partial charge in [-0.25, -0.2) is 0 Å². The van der Waals surface area contributed by atoms with Gasteiger partial charge >= 0.3 is 0 Å². The van der Waals surface area contributed by atoms with Gasteiger partial charge in [-0.2, -0.15) is 0 Å². The maximum atomic E-state index is 11.8. The molecule has 0 fully saturated rings. The lowest BCUT2D eigenvalue weighted by Crippen LogP contribution is -2.40. The van der Waals surface area contributed by atoms with E-state index >= 15 is 0 Å². The number of carbonyl (C=O) groups is 1. The Morgan fingerprint density at radius 3 is 2.56 bits per heavy atom. The van der Waals surface area contributed by atoms with Gasteiger partial charge in [0.05, 0.1) is 5.69 Å². The predicted octanol–water partition coefficient (Wildman–Crippen LogP) is 1.00. The zero-order valence-electron chi connectivity index (χ0n) is 10.2. The minimum Gasteiger partial charge on any atom is -0.361 e. The van der Waals surface area contributed by atoms with Crippen molar-refractivity contribution in [2.75, 3.05) is 6.54 Å². The Labute approximate surface area is 95.4 Å². The first kappa shape index (κ1) is 12.7. The number of aromatic nitrogens is 1. The largest absolute Gasteiger partial charge is 0.361 e. The third kappa shape index (κ3) is 2.82. The average Bonchev–Trinajstić information content (AvgIpc) is 2.54. The molecule has 0 aliphatic carbocycles. The predicted molar refractivity (Wildman–Crippen MR) is 61.1 cm³/mol. The SMILES string of the molecule is Cc1noc(C)c1C(=O)NCC(N)C(C)C. The van der Waals surface area contributed by atoms with Crippen molar-refractivity contribution in [2.24, 2.45) is 11.7 Å². The van der Waals surface area contributed by atoms with E-state index in [1.165, 1.54) is 0 Å². The molecule has 3 N–H and O–H groups in total. The third-order valence-corrected chi connectivity index (χ3v) is 2.62. The molecule has 0 saturated heterocycles. The first-order valence-corrected chi connectivity index (χ1v) is 5.40. The molecule has 5 nitrogen and oxygen atoms in total. The molecule has 0 spiro atoms. The van der Waals surface area contributed by atoms with Crippen LogP contribution in [-0.4, -0.2) is 23.7 Å². The Morgan fingerprint density at radius 1 is 1.50 bits per heavy atom. The van der Waals surface area contributed by atoms with Gasteiger partial charge in [0.15, 0.2) is 0 Å². The summed E-state index contributed by atoms with van der Waals surface area (Å²) in [6.07, 6.45) is 0. The summed E-state index contributed by atoms with van der Waals surface area (Å²) < 4.78 is 4.93. The number of hydrogen-bond donors (Lipinski definition) is 2. The topological polar surface area (TPSA) is 81.2 Å². The molecule has 1 atom stereocenters. The molecule has 0 bridgehead atoms. The van der Waals surface area contributed by atoms with Gasteiger partial charge in [-0.3, -0.25) is 4.79 Å². The second kappa shape index (κ2) is 5.12. The minimum atomic E-state index is -0.174. The van der Waals surface area contributed by atoms with Crippen LogP contribution in [0.2, 0.25) is 0 Å². The normalized spacial score (nSPS) is 12.9. The van der Waals surface area contributed by atoms with Gasteiger partial charge in [-0.15, -0.1) is 0 Å². The number of aryl methyl sites for hydroxylation is 2. The van der Waals surface area contributed by atoms with Gasteiger partial charge in [0.2, 0.25) is 0 Å². The number of rotatable bonds is 4. The van der Waals surface area contributed by atoms with E-state index in [1.807, 2.05) is 13.8 Å². The van der Waals surface area contributed by atoms with E-state index in [2.05, 4.69) is 10.5 Å². The van der Waals surface area contributed by atoms with Crippen molar-refractivity contribution < 1.29 is 9.32 Å². The fourth-order valence-electron chi connectivity index (χ4n) is 1.34. The second-order valence-corrected chi connectivity index (χ2v) is 4.32. The smallest absolute Gasteiger partial charge is 0.256 e. The molecule has 1 heterocycles. The zero-order chi connectivity index (χ0) is 12.3. The van der Waals surface area contributed by atoms with Gasteiger partial charge < -0.3 is 15.6 Å². The van der Waals surface area contributed by atoms with Crippen LogP contribution in [0.4, 0.5) is 0 Å². The lowest BCUT2D eigenvalue weighted by molar-refractivity contribution is 0.0947. The highest BCUT2D eigenvalue weighted by Crippen LogP contribution is 2.11. The summed E-state index contributed by atoms with van der Waals surface area (Å²) in [6, 6.07) is -0.0376. The summed E-state index contributed by atoms with van der Waals surface area (Å²) in [4.78, 5) is 11.8. The molecule has 0 saturated carbocycles. The Morgan fingerprint density at radius 2 is 2.12 bits per heavy atom. The van der Waals surface area contributed by atoms with Gasteiger partial charge in [0, 0.05) is 12.6 Å². The third-order valence-electron chi connectivity index (χ3n) is 2.62. The van der Waals surface area contributed by atoms with Crippen LogP contribution in [0, 0.1) is 19.8 Å². The van der Waals surface area contributed by atoms with Crippen LogP contribution >= 0.6 is 0 Å². The van der Waals surface area contributed by atoms with Crippen LogP contribution < -0.4 is 11.1 Å². The average molecular weight is 225 g/mol. The number of nitrogens with one attached hydrogen (secondary N) is 1. The molecular weight excluding hydrogens is 206 g/mol. The Bertz CT molecular complexity index is 352. The van der Waals surface area contributed by atoms with Crippen molar-refractivity contribution in [1.82, 2.24) is 10.5 Å². The standard InChI is InChI=1S/C11H19N3O2/c1-6(2)9(12)5-13-11(15)10-7(3)14-16-8(10)4/h6,9H,5,12H2,1-4H3,(H,13,15). The number of nitrogens with two attached hydrogens (primary N) is 1. The molecule has 1 unspecified atom stereocenters. The van der Waals surface area contributed by atoms with Crippen LogP contribution in [0.15, 0.2) is 4.52 Å². The number of hydrogen-bond acceptors (Lipinski definition) is 4. The minimum absolute atomic E-state index is 0.0376. The molecular formula is C11H19N3O2. The van der Waals surface area contributed by atoms with Crippen LogP contribution in [0.1, 0.15) is 35.7 Å². The number of amides is 1. The molecule has 1 aromatic rings. The number of carbonyl (C=O) groups excluding carboxylic acids is 1. The fourth-order valence-corrected chi connectivity index (χ4v) is 1.34. The molecule has 0 aromatic carbocycles. The highest BCUT2D eigenvalue weighted by Gasteiger charge is 2.18. The van der Waals surface area contributed by atoms with Gasteiger partial charge in [0.25, 0.3) is 5.91 Å². The van der Waals surface area contributed by atoms with Crippen LogP contribution in [-0.2, 0) is 0 Å². The monoisotopic (exact) mass is 225 g/mol. The van der Waals surface area contributed by atoms with Crippen molar-refractivity contribution in [2.45, 2.75) is 33.7 Å². The van der Waals surface area contributed by atoms with Crippen molar-refractivity contribution >= 4 is 5.91 Å². The van der Waals surface area contributed by atoms with Crippen molar-refractivity contribution in [3.8, 4) is 0 Å². The zero-order valence-corrected chi connectivity index (χ0v) is 10.2. The highest BCUT2D eigenvalue weighted by atomic mass is 16.5. The summed E-state index contributed by atoms with van der Waals surface area (Å²) in [5.41, 5.74) is 6.96. The van der Waals surface area contributed by atoms with Gasteiger partial charge in [-0.05, 0) is 19.8 Å². The van der Waals surface area contributed by atoms with E-state index in [-0.39, 0.29) is 11.9 Å². The molecule has 90 valence electrons. The highest BCUT2D eigenvalue weighted by molar-refractivity contribution is 5.96. The molecule has 1 rings (SSSR count). The van der Waals surface area contributed by atoms with E-state index < -0.39 is 0 Å². The molecule has 0 radical (unpaired) electrons. The summed E-state index contributed by atoms with van der Waals surface area (Å²) in [7, 11) is 0. The molecule has 5 heteroatoms. The van der Waals surface area contributed by atoms with Crippen LogP contribution in [0.3, 0.4) is 0 Å². The summed E-state index contributed by atoms with van der Waals surface area (Å²) >= 11 is 0. The summed E-state index contributed by atoms with van der Waals surface area (Å²) in [6.45, 7) is 7.96. The molecule has 0 aliphatic heterocycles. The Balaban J connectivity index is 2.60. The maximum Gasteiger partial charge on any atom is 0.256 e. The van der Waals surface area contributed by atoms with Gasteiger partial charge in [0.1, 0.15) is 11.3 Å². The Hall–Kier alpha value is -1.36. The quantitative estimate of drug-likeness (QED) is 0.801. The maximum absolute atomic E-state index is 11.8. The molecule has 1 amide bonds.